The SMILES string of the molecule is CSCC[C@H](O)C(=O)NCC1CCN(c2cnn(C)c(=O)c2)CC1. The summed E-state index contributed by atoms with van der Waals surface area (Å²) in [6.45, 7) is 2.27. The Balaban J connectivity index is 1.75. The Morgan fingerprint density at radius 1 is 1.50 bits per heavy atom. The van der Waals surface area contributed by atoms with E-state index in [9.17, 15) is 14.7 Å². The average molecular weight is 354 g/mol. The maximum atomic E-state index is 11.8. The Bertz CT molecular complexity index is 599. The Morgan fingerprint density at radius 3 is 2.83 bits per heavy atom. The molecule has 0 aromatic carbocycles. The molecule has 0 spiro atoms. The second-order valence-electron chi connectivity index (χ2n) is 6.15. The number of aliphatic hydroxyl groups excluding tert-OH is 1. The van der Waals surface area contributed by atoms with Gasteiger partial charge < -0.3 is 15.3 Å². The molecule has 2 N–H and O–H groups in total. The van der Waals surface area contributed by atoms with E-state index in [4.69, 9.17) is 0 Å². The average Bonchev–Trinajstić information content (AvgIpc) is 2.60. The first-order valence-corrected chi connectivity index (χ1v) is 9.63. The Morgan fingerprint density at radius 2 is 2.21 bits per heavy atom. The number of aliphatic hydroxyl groups is 1. The van der Waals surface area contributed by atoms with Gasteiger partial charge in [0, 0.05) is 32.7 Å². The van der Waals surface area contributed by atoms with Crippen molar-refractivity contribution in [2.45, 2.75) is 25.4 Å². The van der Waals surface area contributed by atoms with E-state index < -0.39 is 6.10 Å². The molecule has 1 aromatic rings. The van der Waals surface area contributed by atoms with Crippen molar-refractivity contribution in [3.63, 3.8) is 0 Å². The summed E-state index contributed by atoms with van der Waals surface area (Å²) >= 11 is 1.62. The molecule has 0 saturated carbocycles. The minimum atomic E-state index is -0.913. The number of piperidine rings is 1. The molecular formula is C16H26N4O3S. The van der Waals surface area contributed by atoms with Crippen molar-refractivity contribution in [1.82, 2.24) is 15.1 Å². The molecule has 24 heavy (non-hydrogen) atoms. The van der Waals surface area contributed by atoms with Gasteiger partial charge in [0.2, 0.25) is 5.91 Å². The Hall–Kier alpha value is -1.54. The van der Waals surface area contributed by atoms with Gasteiger partial charge in [-0.1, -0.05) is 0 Å². The number of nitrogens with zero attached hydrogens (tertiary/aromatic N) is 3. The molecule has 2 heterocycles. The zero-order valence-corrected chi connectivity index (χ0v) is 15.1. The molecule has 1 fully saturated rings. The summed E-state index contributed by atoms with van der Waals surface area (Å²) < 4.78 is 1.31. The van der Waals surface area contributed by atoms with Crippen molar-refractivity contribution in [3.05, 3.63) is 22.6 Å². The quantitative estimate of drug-likeness (QED) is 0.729. The van der Waals surface area contributed by atoms with Gasteiger partial charge in [-0.25, -0.2) is 4.68 Å². The molecule has 1 amide bonds. The zero-order valence-electron chi connectivity index (χ0n) is 14.3. The van der Waals surface area contributed by atoms with Crippen LogP contribution in [-0.2, 0) is 11.8 Å². The van der Waals surface area contributed by atoms with E-state index in [0.29, 0.717) is 18.9 Å². The van der Waals surface area contributed by atoms with Crippen molar-refractivity contribution >= 4 is 23.4 Å². The van der Waals surface area contributed by atoms with Crippen LogP contribution in [-0.4, -0.2) is 58.5 Å². The maximum absolute atomic E-state index is 11.8. The molecule has 2 rings (SSSR count). The molecule has 0 radical (unpaired) electrons. The molecule has 1 aliphatic rings. The predicted octanol–water partition coefficient (Wildman–Crippen LogP) is 0.227. The number of hydrogen-bond acceptors (Lipinski definition) is 6. The first kappa shape index (κ1) is 18.8. The molecular weight excluding hydrogens is 328 g/mol. The minimum Gasteiger partial charge on any atom is -0.383 e. The summed E-state index contributed by atoms with van der Waals surface area (Å²) in [6.07, 6.45) is 5.13. The number of carbonyl (C=O) groups excluding carboxylic acids is 1. The topological polar surface area (TPSA) is 87.5 Å². The third-order valence-electron chi connectivity index (χ3n) is 4.40. The summed E-state index contributed by atoms with van der Waals surface area (Å²) in [5, 5.41) is 16.6. The van der Waals surface area contributed by atoms with Crippen LogP contribution in [0.4, 0.5) is 5.69 Å². The van der Waals surface area contributed by atoms with Crippen LogP contribution in [0.15, 0.2) is 17.1 Å². The standard InChI is InChI=1S/C16H26N4O3S/c1-19-15(22)9-13(11-18-19)20-6-3-12(4-7-20)10-17-16(23)14(21)5-8-24-2/h9,11-12,14,21H,3-8,10H2,1-2H3,(H,17,23)/t14-/m0/s1. The normalized spacial score (nSPS) is 16.9. The van der Waals surface area contributed by atoms with Gasteiger partial charge in [-0.3, -0.25) is 9.59 Å². The monoisotopic (exact) mass is 354 g/mol. The van der Waals surface area contributed by atoms with Crippen LogP contribution >= 0.6 is 11.8 Å². The number of aromatic nitrogens is 2. The number of anilines is 1. The largest absolute Gasteiger partial charge is 0.383 e. The predicted molar refractivity (Wildman–Crippen MR) is 96.4 cm³/mol. The van der Waals surface area contributed by atoms with Crippen molar-refractivity contribution in [2.75, 3.05) is 36.5 Å². The highest BCUT2D eigenvalue weighted by Crippen LogP contribution is 2.21. The third kappa shape index (κ3) is 5.24. The van der Waals surface area contributed by atoms with E-state index in [1.807, 2.05) is 6.26 Å². The summed E-state index contributed by atoms with van der Waals surface area (Å²) in [7, 11) is 1.63. The van der Waals surface area contributed by atoms with Crippen LogP contribution in [0.25, 0.3) is 0 Å². The molecule has 1 saturated heterocycles. The number of rotatable bonds is 7. The first-order valence-electron chi connectivity index (χ1n) is 8.24. The third-order valence-corrected chi connectivity index (χ3v) is 5.04. The molecule has 1 atom stereocenters. The van der Waals surface area contributed by atoms with Crippen molar-refractivity contribution < 1.29 is 9.90 Å². The lowest BCUT2D eigenvalue weighted by molar-refractivity contribution is -0.129. The molecule has 1 aromatic heterocycles. The summed E-state index contributed by atoms with van der Waals surface area (Å²) in [4.78, 5) is 25.6. The van der Waals surface area contributed by atoms with Gasteiger partial charge in [0.25, 0.3) is 5.56 Å². The van der Waals surface area contributed by atoms with Crippen molar-refractivity contribution in [3.8, 4) is 0 Å². The van der Waals surface area contributed by atoms with Gasteiger partial charge in [-0.2, -0.15) is 16.9 Å². The van der Waals surface area contributed by atoms with Gasteiger partial charge in [0.15, 0.2) is 0 Å². The van der Waals surface area contributed by atoms with Gasteiger partial charge in [0.05, 0.1) is 11.9 Å². The molecule has 1 aliphatic heterocycles. The Labute approximate surface area is 146 Å². The van der Waals surface area contributed by atoms with Crippen LogP contribution in [0.2, 0.25) is 0 Å². The summed E-state index contributed by atoms with van der Waals surface area (Å²) in [5.41, 5.74) is 0.745. The molecule has 0 unspecified atom stereocenters. The molecule has 134 valence electrons. The van der Waals surface area contributed by atoms with Gasteiger partial charge >= 0.3 is 0 Å². The summed E-state index contributed by atoms with van der Waals surface area (Å²) in [6, 6.07) is 1.61. The van der Waals surface area contributed by atoms with E-state index in [0.717, 1.165) is 37.4 Å². The highest BCUT2D eigenvalue weighted by atomic mass is 32.2. The molecule has 8 heteroatoms. The number of aryl methyl sites for hydroxylation is 1. The van der Waals surface area contributed by atoms with Gasteiger partial charge in [-0.15, -0.1) is 0 Å². The van der Waals surface area contributed by atoms with E-state index in [1.165, 1.54) is 4.68 Å². The van der Waals surface area contributed by atoms with E-state index in [-0.39, 0.29) is 11.5 Å². The highest BCUT2D eigenvalue weighted by molar-refractivity contribution is 7.98. The smallest absolute Gasteiger partial charge is 0.268 e. The zero-order chi connectivity index (χ0) is 17.5. The van der Waals surface area contributed by atoms with Gasteiger partial charge in [0.1, 0.15) is 6.10 Å². The number of hydrogen-bond donors (Lipinski definition) is 2. The fourth-order valence-electron chi connectivity index (χ4n) is 2.75. The molecule has 7 nitrogen and oxygen atoms in total. The lowest BCUT2D eigenvalue weighted by Gasteiger charge is -2.33. The van der Waals surface area contributed by atoms with Crippen LogP contribution in [0.3, 0.4) is 0 Å². The van der Waals surface area contributed by atoms with E-state index >= 15 is 0 Å². The van der Waals surface area contributed by atoms with Crippen molar-refractivity contribution in [1.29, 1.82) is 0 Å². The van der Waals surface area contributed by atoms with Gasteiger partial charge in [-0.05, 0) is 37.2 Å². The number of amides is 1. The van der Waals surface area contributed by atoms with Crippen LogP contribution in [0.1, 0.15) is 19.3 Å². The van der Waals surface area contributed by atoms with E-state index in [1.54, 1.807) is 31.1 Å². The molecule has 0 bridgehead atoms. The minimum absolute atomic E-state index is 0.110. The number of thioether (sulfide) groups is 1. The lowest BCUT2D eigenvalue weighted by Crippen LogP contribution is -2.42. The Kier molecular flexibility index (Phi) is 7.11. The fourth-order valence-corrected chi connectivity index (χ4v) is 3.21. The second-order valence-corrected chi connectivity index (χ2v) is 7.13. The lowest BCUT2D eigenvalue weighted by atomic mass is 9.96. The first-order chi connectivity index (χ1) is 11.5. The number of nitrogens with one attached hydrogen (secondary N) is 1. The summed E-state index contributed by atoms with van der Waals surface area (Å²) in [5.74, 6) is 0.900. The number of carbonyl (C=O) groups is 1. The van der Waals surface area contributed by atoms with Crippen LogP contribution in [0.5, 0.6) is 0 Å². The van der Waals surface area contributed by atoms with Crippen molar-refractivity contribution in [2.24, 2.45) is 13.0 Å². The van der Waals surface area contributed by atoms with Crippen LogP contribution < -0.4 is 15.8 Å². The second kappa shape index (κ2) is 9.08. The van der Waals surface area contributed by atoms with E-state index in [2.05, 4.69) is 15.3 Å². The highest BCUT2D eigenvalue weighted by Gasteiger charge is 2.22. The maximum Gasteiger partial charge on any atom is 0.268 e. The fraction of sp³-hybridized carbons (Fsp3) is 0.688. The molecule has 0 aliphatic carbocycles. The van der Waals surface area contributed by atoms with Crippen LogP contribution in [0, 0.1) is 5.92 Å².